The van der Waals surface area contributed by atoms with Crippen molar-refractivity contribution < 1.29 is 21.6 Å². The number of nitriles is 1. The van der Waals surface area contributed by atoms with Gasteiger partial charge in [0.25, 0.3) is 0 Å². The SMILES string of the molecule is CN(Cc1cccc(C#N)c1)S(=O)(=O)c1cccc(C(F)(F)F)c1. The van der Waals surface area contributed by atoms with Crippen LogP contribution in [-0.4, -0.2) is 19.8 Å². The largest absolute Gasteiger partial charge is 0.416 e. The summed E-state index contributed by atoms with van der Waals surface area (Å²) in [5.74, 6) is 0. The molecule has 0 aliphatic rings. The number of nitrogens with zero attached hydrogens (tertiary/aromatic N) is 2. The van der Waals surface area contributed by atoms with Crippen molar-refractivity contribution in [3.63, 3.8) is 0 Å². The van der Waals surface area contributed by atoms with E-state index in [4.69, 9.17) is 5.26 Å². The third kappa shape index (κ3) is 3.93. The molecule has 0 unspecified atom stereocenters. The van der Waals surface area contributed by atoms with Gasteiger partial charge in [-0.05, 0) is 35.9 Å². The molecule has 0 aliphatic carbocycles. The fourth-order valence-electron chi connectivity index (χ4n) is 2.09. The van der Waals surface area contributed by atoms with Gasteiger partial charge in [-0.3, -0.25) is 0 Å². The lowest BCUT2D eigenvalue weighted by molar-refractivity contribution is -0.137. The molecule has 0 amide bonds. The average Bonchev–Trinajstić information content (AvgIpc) is 2.54. The van der Waals surface area contributed by atoms with Crippen molar-refractivity contribution in [1.29, 1.82) is 5.26 Å². The van der Waals surface area contributed by atoms with Gasteiger partial charge in [0.15, 0.2) is 0 Å². The summed E-state index contributed by atoms with van der Waals surface area (Å²) in [6.07, 6.45) is -4.62. The molecule has 0 bridgehead atoms. The highest BCUT2D eigenvalue weighted by Crippen LogP contribution is 2.31. The monoisotopic (exact) mass is 354 g/mol. The van der Waals surface area contributed by atoms with Crippen molar-refractivity contribution in [3.05, 3.63) is 65.2 Å². The van der Waals surface area contributed by atoms with Crippen molar-refractivity contribution in [1.82, 2.24) is 4.31 Å². The fraction of sp³-hybridized carbons (Fsp3) is 0.188. The van der Waals surface area contributed by atoms with Crippen molar-refractivity contribution in [2.24, 2.45) is 0 Å². The van der Waals surface area contributed by atoms with E-state index < -0.39 is 26.7 Å². The summed E-state index contributed by atoms with van der Waals surface area (Å²) in [5, 5.41) is 8.85. The van der Waals surface area contributed by atoms with Gasteiger partial charge < -0.3 is 0 Å². The Hall–Kier alpha value is -2.37. The summed E-state index contributed by atoms with van der Waals surface area (Å²) in [6.45, 7) is -0.0614. The lowest BCUT2D eigenvalue weighted by Crippen LogP contribution is -2.26. The molecule has 0 atom stereocenters. The van der Waals surface area contributed by atoms with E-state index >= 15 is 0 Å². The highest BCUT2D eigenvalue weighted by atomic mass is 32.2. The van der Waals surface area contributed by atoms with Crippen LogP contribution >= 0.6 is 0 Å². The third-order valence-corrected chi connectivity index (χ3v) is 5.13. The summed E-state index contributed by atoms with van der Waals surface area (Å²) >= 11 is 0. The topological polar surface area (TPSA) is 61.2 Å². The highest BCUT2D eigenvalue weighted by molar-refractivity contribution is 7.89. The number of alkyl halides is 3. The second-order valence-corrected chi connectivity index (χ2v) is 7.14. The second-order valence-electron chi connectivity index (χ2n) is 5.10. The number of benzene rings is 2. The van der Waals surface area contributed by atoms with E-state index in [0.29, 0.717) is 17.2 Å². The molecule has 4 nitrogen and oxygen atoms in total. The fourth-order valence-corrected chi connectivity index (χ4v) is 3.30. The van der Waals surface area contributed by atoms with Crippen LogP contribution < -0.4 is 0 Å². The predicted octanol–water partition coefficient (Wildman–Crippen LogP) is 3.40. The first-order valence-electron chi connectivity index (χ1n) is 6.77. The summed E-state index contributed by atoms with van der Waals surface area (Å²) in [6, 6.07) is 11.9. The standard InChI is InChI=1S/C16H13F3N2O2S/c1-21(11-13-5-2-4-12(8-13)10-20)24(22,23)15-7-3-6-14(9-15)16(17,18)19/h2-9H,11H2,1H3. The van der Waals surface area contributed by atoms with Crippen molar-refractivity contribution in [2.45, 2.75) is 17.6 Å². The van der Waals surface area contributed by atoms with E-state index in [0.717, 1.165) is 22.5 Å². The highest BCUT2D eigenvalue weighted by Gasteiger charge is 2.32. The summed E-state index contributed by atoms with van der Waals surface area (Å²) in [5.41, 5.74) is -0.0899. The first-order valence-corrected chi connectivity index (χ1v) is 8.21. The van der Waals surface area contributed by atoms with Crippen LogP contribution in [0.15, 0.2) is 53.4 Å². The first-order chi connectivity index (χ1) is 11.1. The Labute approximate surface area is 137 Å². The molecule has 126 valence electrons. The Balaban J connectivity index is 2.31. The summed E-state index contributed by atoms with van der Waals surface area (Å²) < 4.78 is 64.1. The van der Waals surface area contributed by atoms with Crippen LogP contribution in [0.2, 0.25) is 0 Å². The number of rotatable bonds is 4. The third-order valence-electron chi connectivity index (χ3n) is 3.33. The predicted molar refractivity (Wildman–Crippen MR) is 81.3 cm³/mol. The normalized spacial score (nSPS) is 12.2. The van der Waals surface area contributed by atoms with Gasteiger partial charge in [0.05, 0.1) is 22.1 Å². The number of halogens is 3. The van der Waals surface area contributed by atoms with Gasteiger partial charge in [0.2, 0.25) is 10.0 Å². The van der Waals surface area contributed by atoms with Gasteiger partial charge in [0.1, 0.15) is 0 Å². The lowest BCUT2D eigenvalue weighted by Gasteiger charge is -2.18. The molecule has 0 saturated heterocycles. The molecule has 0 aromatic heterocycles. The Morgan fingerprint density at radius 3 is 2.42 bits per heavy atom. The molecule has 24 heavy (non-hydrogen) atoms. The first kappa shape index (κ1) is 18.0. The van der Waals surface area contributed by atoms with Gasteiger partial charge >= 0.3 is 6.18 Å². The zero-order valence-corrected chi connectivity index (χ0v) is 13.4. The molecule has 0 radical (unpaired) electrons. The van der Waals surface area contributed by atoms with Gasteiger partial charge in [-0.25, -0.2) is 8.42 Å². The zero-order valence-electron chi connectivity index (χ0n) is 12.6. The molecule has 2 rings (SSSR count). The smallest absolute Gasteiger partial charge is 0.207 e. The second kappa shape index (κ2) is 6.63. The van der Waals surface area contributed by atoms with Crippen LogP contribution in [0.3, 0.4) is 0 Å². The maximum atomic E-state index is 12.7. The molecular weight excluding hydrogens is 341 g/mol. The molecule has 2 aromatic carbocycles. The van der Waals surface area contributed by atoms with E-state index in [2.05, 4.69) is 0 Å². The molecule has 2 aromatic rings. The minimum absolute atomic E-state index is 0.0614. The van der Waals surface area contributed by atoms with E-state index in [9.17, 15) is 21.6 Å². The summed E-state index contributed by atoms with van der Waals surface area (Å²) in [4.78, 5) is -0.434. The average molecular weight is 354 g/mol. The molecule has 0 saturated carbocycles. The zero-order chi connectivity index (χ0) is 18.0. The van der Waals surface area contributed by atoms with Crippen LogP contribution in [0.1, 0.15) is 16.7 Å². The molecular formula is C16H13F3N2O2S. The van der Waals surface area contributed by atoms with E-state index in [1.54, 1.807) is 18.2 Å². The Morgan fingerprint density at radius 2 is 1.79 bits per heavy atom. The summed E-state index contributed by atoms with van der Waals surface area (Å²) in [7, 11) is -2.82. The van der Waals surface area contributed by atoms with E-state index in [-0.39, 0.29) is 6.54 Å². The lowest BCUT2D eigenvalue weighted by atomic mass is 10.1. The van der Waals surface area contributed by atoms with Crippen LogP contribution in [-0.2, 0) is 22.7 Å². The van der Waals surface area contributed by atoms with E-state index in [1.807, 2.05) is 6.07 Å². The minimum Gasteiger partial charge on any atom is -0.207 e. The molecule has 0 heterocycles. The molecule has 0 fully saturated rings. The Kier molecular flexibility index (Phi) is 4.96. The number of sulfonamides is 1. The van der Waals surface area contributed by atoms with Gasteiger partial charge in [0, 0.05) is 13.6 Å². The van der Waals surface area contributed by atoms with Gasteiger partial charge in [-0.1, -0.05) is 18.2 Å². The van der Waals surface area contributed by atoms with E-state index in [1.165, 1.54) is 13.1 Å². The quantitative estimate of drug-likeness (QED) is 0.845. The molecule has 8 heteroatoms. The Morgan fingerprint density at radius 1 is 1.12 bits per heavy atom. The Bertz CT molecular complexity index is 887. The molecule has 0 N–H and O–H groups in total. The van der Waals surface area contributed by atoms with Gasteiger partial charge in [-0.15, -0.1) is 0 Å². The molecule has 0 spiro atoms. The van der Waals surface area contributed by atoms with Gasteiger partial charge in [-0.2, -0.15) is 22.7 Å². The van der Waals surface area contributed by atoms with Crippen molar-refractivity contribution >= 4 is 10.0 Å². The van der Waals surface area contributed by atoms with Crippen LogP contribution in [0, 0.1) is 11.3 Å². The maximum Gasteiger partial charge on any atom is 0.416 e. The number of hydrogen-bond donors (Lipinski definition) is 0. The molecule has 0 aliphatic heterocycles. The minimum atomic E-state index is -4.62. The van der Waals surface area contributed by atoms with Crippen LogP contribution in [0.5, 0.6) is 0 Å². The van der Waals surface area contributed by atoms with Crippen molar-refractivity contribution in [3.8, 4) is 6.07 Å². The van der Waals surface area contributed by atoms with Crippen molar-refractivity contribution in [2.75, 3.05) is 7.05 Å². The van der Waals surface area contributed by atoms with Crippen LogP contribution in [0.4, 0.5) is 13.2 Å². The van der Waals surface area contributed by atoms with Crippen LogP contribution in [0.25, 0.3) is 0 Å². The number of hydrogen-bond acceptors (Lipinski definition) is 3. The maximum absolute atomic E-state index is 12.7.